The standard InChI is InChI=1S/C8H6BrNOS/c1-5(4-10)8(11)6-2-3-7(9)12-6/h2-3,5H,1H3. The van der Waals surface area contributed by atoms with Gasteiger partial charge < -0.3 is 0 Å². The number of thiophene rings is 1. The number of hydrogen-bond acceptors (Lipinski definition) is 3. The quantitative estimate of drug-likeness (QED) is 0.750. The fourth-order valence-electron chi connectivity index (χ4n) is 0.719. The van der Waals surface area contributed by atoms with E-state index in [4.69, 9.17) is 5.26 Å². The zero-order chi connectivity index (χ0) is 9.14. The number of halogens is 1. The van der Waals surface area contributed by atoms with E-state index in [1.54, 1.807) is 13.0 Å². The van der Waals surface area contributed by atoms with Crippen LogP contribution in [0.3, 0.4) is 0 Å². The van der Waals surface area contributed by atoms with Gasteiger partial charge in [-0.05, 0) is 35.0 Å². The molecule has 1 aromatic heterocycles. The van der Waals surface area contributed by atoms with Gasteiger partial charge in [-0.15, -0.1) is 11.3 Å². The number of carbonyl (C=O) groups is 1. The maximum absolute atomic E-state index is 11.4. The molecule has 0 fully saturated rings. The van der Waals surface area contributed by atoms with Crippen LogP contribution in [0.5, 0.6) is 0 Å². The molecule has 0 spiro atoms. The van der Waals surface area contributed by atoms with E-state index in [-0.39, 0.29) is 5.78 Å². The lowest BCUT2D eigenvalue weighted by Crippen LogP contribution is -2.06. The van der Waals surface area contributed by atoms with Crippen molar-refractivity contribution < 1.29 is 4.79 Å². The zero-order valence-electron chi connectivity index (χ0n) is 6.37. The predicted octanol–water partition coefficient (Wildman–Crippen LogP) is 2.85. The van der Waals surface area contributed by atoms with Gasteiger partial charge in [0.25, 0.3) is 0 Å². The second kappa shape index (κ2) is 3.83. The summed E-state index contributed by atoms with van der Waals surface area (Å²) in [7, 11) is 0. The van der Waals surface area contributed by atoms with E-state index in [0.29, 0.717) is 4.88 Å². The van der Waals surface area contributed by atoms with Crippen molar-refractivity contribution in [2.45, 2.75) is 6.92 Å². The third kappa shape index (κ3) is 1.93. The second-order valence-corrected chi connectivity index (χ2v) is 4.78. The molecule has 0 aliphatic rings. The van der Waals surface area contributed by atoms with Crippen LogP contribution in [0, 0.1) is 17.2 Å². The Hall–Kier alpha value is -0.660. The van der Waals surface area contributed by atoms with Gasteiger partial charge in [-0.25, -0.2) is 0 Å². The van der Waals surface area contributed by atoms with Crippen molar-refractivity contribution in [2.75, 3.05) is 0 Å². The molecule has 0 aromatic carbocycles. The first-order valence-electron chi connectivity index (χ1n) is 3.34. The lowest BCUT2D eigenvalue weighted by Gasteiger charge is -1.95. The first kappa shape index (κ1) is 9.43. The summed E-state index contributed by atoms with van der Waals surface area (Å²) in [6, 6.07) is 5.45. The molecule has 1 rings (SSSR count). The molecule has 0 bridgehead atoms. The number of hydrogen-bond donors (Lipinski definition) is 0. The van der Waals surface area contributed by atoms with Crippen LogP contribution in [0.2, 0.25) is 0 Å². The predicted molar refractivity (Wildman–Crippen MR) is 51.1 cm³/mol. The molecule has 62 valence electrons. The average Bonchev–Trinajstić information content (AvgIpc) is 2.49. The lowest BCUT2D eigenvalue weighted by molar-refractivity contribution is 0.0960. The van der Waals surface area contributed by atoms with E-state index in [1.165, 1.54) is 11.3 Å². The number of Topliss-reactive ketones (excluding diaryl/α,β-unsaturated/α-hetero) is 1. The second-order valence-electron chi connectivity index (χ2n) is 2.32. The van der Waals surface area contributed by atoms with Crippen molar-refractivity contribution in [3.8, 4) is 6.07 Å². The van der Waals surface area contributed by atoms with E-state index in [0.717, 1.165) is 3.79 Å². The molecule has 2 nitrogen and oxygen atoms in total. The summed E-state index contributed by atoms with van der Waals surface area (Å²) in [5, 5.41) is 8.50. The number of nitriles is 1. The highest BCUT2D eigenvalue weighted by Gasteiger charge is 2.15. The molecule has 1 heterocycles. The van der Waals surface area contributed by atoms with E-state index in [9.17, 15) is 4.79 Å². The Kier molecular flexibility index (Phi) is 3.01. The van der Waals surface area contributed by atoms with E-state index < -0.39 is 5.92 Å². The van der Waals surface area contributed by atoms with Gasteiger partial charge in [0, 0.05) is 0 Å². The molecule has 12 heavy (non-hydrogen) atoms. The minimum Gasteiger partial charge on any atom is -0.292 e. The maximum Gasteiger partial charge on any atom is 0.189 e. The van der Waals surface area contributed by atoms with Crippen LogP contribution in [-0.2, 0) is 0 Å². The SMILES string of the molecule is CC(C#N)C(=O)c1ccc(Br)s1. The van der Waals surface area contributed by atoms with Crippen LogP contribution in [0.1, 0.15) is 16.6 Å². The Morgan fingerprint density at radius 3 is 2.83 bits per heavy atom. The highest BCUT2D eigenvalue weighted by Crippen LogP contribution is 2.24. The number of ketones is 1. The smallest absolute Gasteiger partial charge is 0.189 e. The fraction of sp³-hybridized carbons (Fsp3) is 0.250. The maximum atomic E-state index is 11.4. The average molecular weight is 244 g/mol. The highest BCUT2D eigenvalue weighted by atomic mass is 79.9. The summed E-state index contributed by atoms with van der Waals surface area (Å²) in [5.41, 5.74) is 0. The summed E-state index contributed by atoms with van der Waals surface area (Å²) in [6.45, 7) is 1.61. The Morgan fingerprint density at radius 1 is 1.75 bits per heavy atom. The molecule has 1 unspecified atom stereocenters. The first-order chi connectivity index (χ1) is 5.65. The molecule has 1 aromatic rings. The van der Waals surface area contributed by atoms with Gasteiger partial charge in [-0.3, -0.25) is 4.79 Å². The molecule has 0 aliphatic carbocycles. The van der Waals surface area contributed by atoms with Gasteiger partial charge in [0.1, 0.15) is 5.92 Å². The van der Waals surface area contributed by atoms with Gasteiger partial charge in [0.05, 0.1) is 14.7 Å². The topological polar surface area (TPSA) is 40.9 Å². The van der Waals surface area contributed by atoms with Crippen molar-refractivity contribution in [3.05, 3.63) is 20.8 Å². The van der Waals surface area contributed by atoms with E-state index >= 15 is 0 Å². The molecule has 0 N–H and O–H groups in total. The largest absolute Gasteiger partial charge is 0.292 e. The van der Waals surface area contributed by atoms with Crippen LogP contribution in [0.25, 0.3) is 0 Å². The summed E-state index contributed by atoms with van der Waals surface area (Å²) in [5.74, 6) is -0.649. The zero-order valence-corrected chi connectivity index (χ0v) is 8.78. The van der Waals surface area contributed by atoms with Crippen molar-refractivity contribution >= 4 is 33.0 Å². The summed E-state index contributed by atoms with van der Waals surface area (Å²) in [4.78, 5) is 12.0. The molecule has 4 heteroatoms. The normalized spacial score (nSPS) is 12.1. The molecule has 0 radical (unpaired) electrons. The molecule has 0 saturated carbocycles. The van der Waals surface area contributed by atoms with Gasteiger partial charge in [-0.2, -0.15) is 5.26 Å². The Bertz CT molecular complexity index is 339. The molecular weight excluding hydrogens is 238 g/mol. The van der Waals surface area contributed by atoms with Crippen LogP contribution >= 0.6 is 27.3 Å². The van der Waals surface area contributed by atoms with Crippen LogP contribution in [0.4, 0.5) is 0 Å². The Labute approximate surface area is 83.0 Å². The van der Waals surface area contributed by atoms with Crippen molar-refractivity contribution in [3.63, 3.8) is 0 Å². The number of carbonyl (C=O) groups excluding carboxylic acids is 1. The van der Waals surface area contributed by atoms with Crippen molar-refractivity contribution in [2.24, 2.45) is 5.92 Å². The molecule has 1 atom stereocenters. The summed E-state index contributed by atoms with van der Waals surface area (Å²) < 4.78 is 0.913. The van der Waals surface area contributed by atoms with Crippen LogP contribution in [0.15, 0.2) is 15.9 Å². The Balaban J connectivity index is 2.87. The van der Waals surface area contributed by atoms with Crippen molar-refractivity contribution in [1.29, 1.82) is 5.26 Å². The van der Waals surface area contributed by atoms with Gasteiger partial charge in [0.15, 0.2) is 5.78 Å². The number of rotatable bonds is 2. The van der Waals surface area contributed by atoms with Gasteiger partial charge in [0.2, 0.25) is 0 Å². The lowest BCUT2D eigenvalue weighted by atomic mass is 10.1. The van der Waals surface area contributed by atoms with Crippen LogP contribution in [-0.4, -0.2) is 5.78 Å². The van der Waals surface area contributed by atoms with E-state index in [1.807, 2.05) is 12.1 Å². The minimum absolute atomic E-state index is 0.104. The summed E-state index contributed by atoms with van der Waals surface area (Å²) in [6.07, 6.45) is 0. The molecule has 0 amide bonds. The minimum atomic E-state index is -0.546. The van der Waals surface area contributed by atoms with Gasteiger partial charge in [-0.1, -0.05) is 0 Å². The Morgan fingerprint density at radius 2 is 2.42 bits per heavy atom. The molecule has 0 aliphatic heterocycles. The van der Waals surface area contributed by atoms with Crippen molar-refractivity contribution in [1.82, 2.24) is 0 Å². The third-order valence-corrected chi connectivity index (χ3v) is 3.04. The third-order valence-electron chi connectivity index (χ3n) is 1.40. The van der Waals surface area contributed by atoms with Gasteiger partial charge >= 0.3 is 0 Å². The fourth-order valence-corrected chi connectivity index (χ4v) is 2.13. The highest BCUT2D eigenvalue weighted by molar-refractivity contribution is 9.11. The van der Waals surface area contributed by atoms with E-state index in [2.05, 4.69) is 15.9 Å². The molecular formula is C8H6BrNOS. The first-order valence-corrected chi connectivity index (χ1v) is 4.95. The van der Waals surface area contributed by atoms with Crippen LogP contribution < -0.4 is 0 Å². The summed E-state index contributed by atoms with van der Waals surface area (Å²) >= 11 is 4.61. The number of nitrogens with zero attached hydrogens (tertiary/aromatic N) is 1. The monoisotopic (exact) mass is 243 g/mol. The molecule has 0 saturated heterocycles.